The molecule has 8 heteroatoms. The van der Waals surface area contributed by atoms with Crippen LogP contribution in [0.3, 0.4) is 0 Å². The number of nitrogens with zero attached hydrogens (tertiary/aromatic N) is 4. The monoisotopic (exact) mass is 202 g/mol. The van der Waals surface area contributed by atoms with Crippen LogP contribution in [0.4, 0.5) is 0 Å². The number of aliphatic hydroxyl groups is 4. The van der Waals surface area contributed by atoms with Gasteiger partial charge in [-0.15, -0.1) is 5.10 Å². The van der Waals surface area contributed by atoms with Gasteiger partial charge in [-0.25, -0.2) is 4.68 Å². The minimum absolute atomic E-state index is 0.0926. The SMILES string of the molecule is OC[C@@H](O)[C@@H]1[C@H](O)[C@H](O)c2nnnn21. The summed E-state index contributed by atoms with van der Waals surface area (Å²) in [7, 11) is 0. The van der Waals surface area contributed by atoms with Crippen LogP contribution >= 0.6 is 0 Å². The van der Waals surface area contributed by atoms with Crippen LogP contribution in [0, 0.1) is 0 Å². The molecule has 0 bridgehead atoms. The van der Waals surface area contributed by atoms with Crippen molar-refractivity contribution in [2.45, 2.75) is 24.4 Å². The van der Waals surface area contributed by atoms with Gasteiger partial charge in [0, 0.05) is 0 Å². The third-order valence-electron chi connectivity index (χ3n) is 2.32. The molecule has 0 amide bonds. The molecule has 0 saturated heterocycles. The molecule has 0 unspecified atom stereocenters. The number of rotatable bonds is 2. The molecule has 4 N–H and O–H groups in total. The van der Waals surface area contributed by atoms with Crippen molar-refractivity contribution >= 4 is 0 Å². The Hall–Kier alpha value is -1.09. The van der Waals surface area contributed by atoms with Gasteiger partial charge in [0.05, 0.1) is 6.61 Å². The Morgan fingerprint density at radius 1 is 1.43 bits per heavy atom. The first-order chi connectivity index (χ1) is 6.66. The van der Waals surface area contributed by atoms with Gasteiger partial charge in [-0.3, -0.25) is 0 Å². The Balaban J connectivity index is 2.35. The number of tetrazole rings is 1. The van der Waals surface area contributed by atoms with Crippen LogP contribution in [-0.4, -0.2) is 59.4 Å². The number of hydrogen-bond acceptors (Lipinski definition) is 7. The van der Waals surface area contributed by atoms with E-state index >= 15 is 0 Å². The Morgan fingerprint density at radius 3 is 2.79 bits per heavy atom. The minimum Gasteiger partial charge on any atom is -0.394 e. The first kappa shape index (κ1) is 9.46. The Kier molecular flexibility index (Phi) is 2.19. The lowest BCUT2D eigenvalue weighted by Crippen LogP contribution is -2.34. The summed E-state index contributed by atoms with van der Waals surface area (Å²) in [5.74, 6) is 0.0926. The maximum Gasteiger partial charge on any atom is 0.183 e. The largest absolute Gasteiger partial charge is 0.394 e. The molecule has 2 heterocycles. The highest BCUT2D eigenvalue weighted by Crippen LogP contribution is 2.33. The second-order valence-corrected chi connectivity index (χ2v) is 3.16. The molecule has 1 aliphatic rings. The van der Waals surface area contributed by atoms with Gasteiger partial charge in [0.2, 0.25) is 0 Å². The molecule has 4 atom stereocenters. The number of hydrogen-bond donors (Lipinski definition) is 4. The molecule has 1 aliphatic heterocycles. The molecule has 1 aromatic heterocycles. The van der Waals surface area contributed by atoms with E-state index in [-0.39, 0.29) is 5.82 Å². The predicted molar refractivity (Wildman–Crippen MR) is 40.9 cm³/mol. The van der Waals surface area contributed by atoms with Gasteiger partial charge in [-0.1, -0.05) is 0 Å². The summed E-state index contributed by atoms with van der Waals surface area (Å²) in [4.78, 5) is 0. The van der Waals surface area contributed by atoms with Crippen molar-refractivity contribution in [1.29, 1.82) is 0 Å². The summed E-state index contributed by atoms with van der Waals surface area (Å²) in [5, 5.41) is 47.4. The normalized spacial score (nSPS) is 33.0. The van der Waals surface area contributed by atoms with Gasteiger partial charge in [0.1, 0.15) is 24.4 Å². The van der Waals surface area contributed by atoms with Crippen molar-refractivity contribution in [2.75, 3.05) is 6.61 Å². The number of aromatic nitrogens is 4. The van der Waals surface area contributed by atoms with E-state index in [0.717, 1.165) is 4.68 Å². The third kappa shape index (κ3) is 1.12. The molecular formula is C6H10N4O4. The summed E-state index contributed by atoms with van der Waals surface area (Å²) in [6.07, 6.45) is -3.66. The van der Waals surface area contributed by atoms with E-state index < -0.39 is 31.0 Å². The van der Waals surface area contributed by atoms with Crippen LogP contribution in [0.15, 0.2) is 0 Å². The molecule has 2 rings (SSSR count). The van der Waals surface area contributed by atoms with Gasteiger partial charge in [0.25, 0.3) is 0 Å². The molecule has 0 aromatic carbocycles. The van der Waals surface area contributed by atoms with Gasteiger partial charge in [-0.2, -0.15) is 0 Å². The van der Waals surface area contributed by atoms with E-state index in [0.29, 0.717) is 0 Å². The molecule has 0 saturated carbocycles. The van der Waals surface area contributed by atoms with Gasteiger partial charge in [0.15, 0.2) is 5.82 Å². The second-order valence-electron chi connectivity index (χ2n) is 3.16. The summed E-state index contributed by atoms with van der Waals surface area (Å²) in [6, 6.07) is -0.903. The molecule has 0 spiro atoms. The smallest absolute Gasteiger partial charge is 0.183 e. The maximum atomic E-state index is 9.52. The van der Waals surface area contributed by atoms with Crippen molar-refractivity contribution in [3.63, 3.8) is 0 Å². The lowest BCUT2D eigenvalue weighted by Gasteiger charge is -2.20. The van der Waals surface area contributed by atoms with Crippen LogP contribution in [0.5, 0.6) is 0 Å². The average Bonchev–Trinajstić information content (AvgIpc) is 2.72. The van der Waals surface area contributed by atoms with Crippen LogP contribution in [0.1, 0.15) is 18.0 Å². The van der Waals surface area contributed by atoms with Crippen LogP contribution in [-0.2, 0) is 0 Å². The second kappa shape index (κ2) is 3.24. The summed E-state index contributed by atoms with van der Waals surface area (Å²) < 4.78 is 1.12. The van der Waals surface area contributed by atoms with E-state index in [2.05, 4.69) is 15.5 Å². The van der Waals surface area contributed by atoms with Crippen LogP contribution < -0.4 is 0 Å². The standard InChI is InChI=1S/C6H10N4O4/c11-1-2(12)3-4(13)5(14)6-7-8-9-10(3)6/h2-5,11-14H,1H2/t2-,3-,4+,5+/m1/s1. The first-order valence-electron chi connectivity index (χ1n) is 4.09. The van der Waals surface area contributed by atoms with Gasteiger partial charge in [-0.05, 0) is 10.4 Å². The lowest BCUT2D eigenvalue weighted by atomic mass is 10.1. The zero-order valence-corrected chi connectivity index (χ0v) is 7.09. The third-order valence-corrected chi connectivity index (χ3v) is 2.32. The van der Waals surface area contributed by atoms with Crippen molar-refractivity contribution < 1.29 is 20.4 Å². The Bertz CT molecular complexity index is 329. The van der Waals surface area contributed by atoms with E-state index in [1.54, 1.807) is 0 Å². The summed E-state index contributed by atoms with van der Waals surface area (Å²) >= 11 is 0. The zero-order chi connectivity index (χ0) is 10.3. The highest BCUT2D eigenvalue weighted by Gasteiger charge is 2.45. The van der Waals surface area contributed by atoms with E-state index in [1.165, 1.54) is 0 Å². The number of fused-ring (bicyclic) bond motifs is 1. The fraction of sp³-hybridized carbons (Fsp3) is 0.833. The molecule has 1 aromatic rings. The fourth-order valence-electron chi connectivity index (χ4n) is 1.59. The molecule has 14 heavy (non-hydrogen) atoms. The van der Waals surface area contributed by atoms with Crippen molar-refractivity contribution in [3.05, 3.63) is 5.82 Å². The Labute approximate surface area is 78.4 Å². The fourth-order valence-corrected chi connectivity index (χ4v) is 1.59. The van der Waals surface area contributed by atoms with Crippen molar-refractivity contribution in [2.24, 2.45) is 0 Å². The van der Waals surface area contributed by atoms with Crippen molar-refractivity contribution in [3.8, 4) is 0 Å². The quantitative estimate of drug-likeness (QED) is 0.402. The van der Waals surface area contributed by atoms with Crippen molar-refractivity contribution in [1.82, 2.24) is 20.2 Å². The van der Waals surface area contributed by atoms with E-state index in [1.807, 2.05) is 0 Å². The Morgan fingerprint density at radius 2 is 2.14 bits per heavy atom. The molecule has 78 valence electrons. The molecule has 0 fully saturated rings. The maximum absolute atomic E-state index is 9.52. The molecule has 0 radical (unpaired) electrons. The first-order valence-corrected chi connectivity index (χ1v) is 4.09. The molecule has 0 aliphatic carbocycles. The summed E-state index contributed by atoms with van der Waals surface area (Å²) in [6.45, 7) is -0.534. The zero-order valence-electron chi connectivity index (χ0n) is 7.09. The molecular weight excluding hydrogens is 192 g/mol. The van der Waals surface area contributed by atoms with Gasteiger partial charge >= 0.3 is 0 Å². The van der Waals surface area contributed by atoms with E-state index in [4.69, 9.17) is 5.11 Å². The average molecular weight is 202 g/mol. The lowest BCUT2D eigenvalue weighted by molar-refractivity contribution is -0.0436. The van der Waals surface area contributed by atoms with Gasteiger partial charge < -0.3 is 20.4 Å². The van der Waals surface area contributed by atoms with Crippen LogP contribution in [0.25, 0.3) is 0 Å². The minimum atomic E-state index is -1.23. The topological polar surface area (TPSA) is 125 Å². The predicted octanol–water partition coefficient (Wildman–Crippen LogP) is -3.02. The highest BCUT2D eigenvalue weighted by atomic mass is 16.3. The van der Waals surface area contributed by atoms with E-state index in [9.17, 15) is 15.3 Å². The summed E-state index contributed by atoms with van der Waals surface area (Å²) in [5.41, 5.74) is 0. The number of aliphatic hydroxyl groups excluding tert-OH is 4. The highest BCUT2D eigenvalue weighted by molar-refractivity contribution is 5.05. The molecule has 8 nitrogen and oxygen atoms in total. The van der Waals surface area contributed by atoms with Crippen LogP contribution in [0.2, 0.25) is 0 Å².